The van der Waals surface area contributed by atoms with Crippen molar-refractivity contribution in [1.82, 2.24) is 0 Å². The van der Waals surface area contributed by atoms with E-state index in [1.165, 1.54) is 24.8 Å². The summed E-state index contributed by atoms with van der Waals surface area (Å²) in [6.45, 7) is 13.7. The van der Waals surface area contributed by atoms with Gasteiger partial charge in [0.15, 0.2) is 0 Å². The van der Waals surface area contributed by atoms with Crippen LogP contribution in [-0.4, -0.2) is 5.11 Å². The molecule has 0 radical (unpaired) electrons. The largest absolute Gasteiger partial charge is 0.508 e. The number of hydrogen-bond donors (Lipinski definition) is 1. The van der Waals surface area contributed by atoms with Crippen LogP contribution in [0.5, 0.6) is 5.75 Å². The van der Waals surface area contributed by atoms with Crippen molar-refractivity contribution < 1.29 is 5.11 Å². The van der Waals surface area contributed by atoms with Crippen LogP contribution in [0.15, 0.2) is 18.2 Å². The van der Waals surface area contributed by atoms with Crippen molar-refractivity contribution in [3.63, 3.8) is 0 Å². The van der Waals surface area contributed by atoms with Crippen molar-refractivity contribution >= 4 is 0 Å². The summed E-state index contributed by atoms with van der Waals surface area (Å²) in [4.78, 5) is 0. The summed E-state index contributed by atoms with van der Waals surface area (Å²) in [5, 5.41) is 10.1. The fourth-order valence-corrected chi connectivity index (χ4v) is 4.01. The molecule has 1 aliphatic carbocycles. The molecule has 1 fully saturated rings. The van der Waals surface area contributed by atoms with Crippen molar-refractivity contribution in [2.75, 3.05) is 0 Å². The van der Waals surface area contributed by atoms with E-state index in [9.17, 15) is 5.11 Å². The SMILES string of the molecule is CC1CC(c2ccc(O)c(C(C)(C)C)c2)CC(C)(C)C1. The van der Waals surface area contributed by atoms with Crippen LogP contribution >= 0.6 is 0 Å². The topological polar surface area (TPSA) is 20.2 Å². The number of phenolic OH excluding ortho intramolecular Hbond substituents is 1. The molecule has 1 heteroatoms. The summed E-state index contributed by atoms with van der Waals surface area (Å²) in [5.41, 5.74) is 2.91. The summed E-state index contributed by atoms with van der Waals surface area (Å²) in [5.74, 6) is 1.86. The van der Waals surface area contributed by atoms with Gasteiger partial charge in [-0.05, 0) is 59.1 Å². The van der Waals surface area contributed by atoms with E-state index in [4.69, 9.17) is 0 Å². The Morgan fingerprint density at radius 2 is 1.80 bits per heavy atom. The van der Waals surface area contributed by atoms with E-state index in [2.05, 4.69) is 53.7 Å². The number of hydrogen-bond acceptors (Lipinski definition) is 1. The first-order valence-electron chi connectivity index (χ1n) is 7.92. The normalized spacial score (nSPS) is 26.5. The minimum Gasteiger partial charge on any atom is -0.508 e. The summed E-state index contributed by atoms with van der Waals surface area (Å²) < 4.78 is 0. The first-order chi connectivity index (χ1) is 9.08. The number of benzene rings is 1. The zero-order valence-electron chi connectivity index (χ0n) is 14.0. The predicted molar refractivity (Wildman–Crippen MR) is 86.3 cm³/mol. The minimum absolute atomic E-state index is 0.00407. The van der Waals surface area contributed by atoms with Crippen molar-refractivity contribution in [2.45, 2.75) is 72.1 Å². The zero-order chi connectivity index (χ0) is 15.1. The highest BCUT2D eigenvalue weighted by Gasteiger charge is 2.33. The van der Waals surface area contributed by atoms with Gasteiger partial charge in [-0.3, -0.25) is 0 Å². The van der Waals surface area contributed by atoms with E-state index in [1.54, 1.807) is 0 Å². The molecule has 2 atom stereocenters. The molecular formula is C19H30O. The summed E-state index contributed by atoms with van der Waals surface area (Å²) in [6, 6.07) is 6.26. The number of rotatable bonds is 1. The second-order valence-electron chi connectivity index (χ2n) is 8.64. The fraction of sp³-hybridized carbons (Fsp3) is 0.684. The number of phenols is 1. The van der Waals surface area contributed by atoms with Gasteiger partial charge in [0.1, 0.15) is 5.75 Å². The lowest BCUT2D eigenvalue weighted by Crippen LogP contribution is -2.26. The number of aromatic hydroxyl groups is 1. The summed E-state index contributed by atoms with van der Waals surface area (Å²) >= 11 is 0. The second kappa shape index (κ2) is 5.09. The van der Waals surface area contributed by atoms with Gasteiger partial charge in [-0.1, -0.05) is 53.7 Å². The van der Waals surface area contributed by atoms with Gasteiger partial charge in [0.25, 0.3) is 0 Å². The highest BCUT2D eigenvalue weighted by atomic mass is 16.3. The average molecular weight is 274 g/mol. The molecule has 0 spiro atoms. The average Bonchev–Trinajstić information content (AvgIpc) is 2.25. The van der Waals surface area contributed by atoms with Gasteiger partial charge >= 0.3 is 0 Å². The maximum atomic E-state index is 10.1. The van der Waals surface area contributed by atoms with Crippen LogP contribution in [0, 0.1) is 11.3 Å². The molecule has 0 bridgehead atoms. The van der Waals surface area contributed by atoms with Gasteiger partial charge in [0.2, 0.25) is 0 Å². The van der Waals surface area contributed by atoms with Crippen LogP contribution in [0.4, 0.5) is 0 Å². The van der Waals surface area contributed by atoms with Crippen LogP contribution < -0.4 is 0 Å². The van der Waals surface area contributed by atoms with Gasteiger partial charge in [-0.15, -0.1) is 0 Å². The van der Waals surface area contributed by atoms with Crippen molar-refractivity contribution in [1.29, 1.82) is 0 Å². The Morgan fingerprint density at radius 3 is 2.35 bits per heavy atom. The fourth-order valence-electron chi connectivity index (χ4n) is 4.01. The first-order valence-corrected chi connectivity index (χ1v) is 7.92. The smallest absolute Gasteiger partial charge is 0.119 e. The Labute approximate surface area is 124 Å². The molecule has 2 rings (SSSR count). The van der Waals surface area contributed by atoms with E-state index >= 15 is 0 Å². The van der Waals surface area contributed by atoms with Crippen molar-refractivity contribution in [3.8, 4) is 5.75 Å². The molecule has 1 aromatic rings. The molecule has 20 heavy (non-hydrogen) atoms. The molecule has 1 N–H and O–H groups in total. The van der Waals surface area contributed by atoms with Crippen molar-refractivity contribution in [3.05, 3.63) is 29.3 Å². The third-order valence-corrected chi connectivity index (χ3v) is 4.69. The summed E-state index contributed by atoms with van der Waals surface area (Å²) in [7, 11) is 0. The predicted octanol–water partition coefficient (Wildman–Crippen LogP) is 5.62. The maximum absolute atomic E-state index is 10.1. The highest BCUT2D eigenvalue weighted by molar-refractivity contribution is 5.41. The Hall–Kier alpha value is -0.980. The lowest BCUT2D eigenvalue weighted by Gasteiger charge is -2.39. The van der Waals surface area contributed by atoms with Gasteiger partial charge in [0.05, 0.1) is 0 Å². The molecule has 0 saturated heterocycles. The third-order valence-electron chi connectivity index (χ3n) is 4.69. The second-order valence-corrected chi connectivity index (χ2v) is 8.64. The molecule has 1 aromatic carbocycles. The molecule has 2 unspecified atom stereocenters. The maximum Gasteiger partial charge on any atom is 0.119 e. The van der Waals surface area contributed by atoms with E-state index in [1.807, 2.05) is 6.07 Å². The Kier molecular flexibility index (Phi) is 3.92. The lowest BCUT2D eigenvalue weighted by atomic mass is 9.66. The van der Waals surface area contributed by atoms with Gasteiger partial charge in [-0.2, -0.15) is 0 Å². The minimum atomic E-state index is -0.00407. The van der Waals surface area contributed by atoms with Crippen LogP contribution in [0.25, 0.3) is 0 Å². The molecule has 112 valence electrons. The zero-order valence-corrected chi connectivity index (χ0v) is 14.0. The monoisotopic (exact) mass is 274 g/mol. The van der Waals surface area contributed by atoms with Crippen LogP contribution in [-0.2, 0) is 5.41 Å². The van der Waals surface area contributed by atoms with Gasteiger partial charge in [0, 0.05) is 0 Å². The molecule has 0 aromatic heterocycles. The molecular weight excluding hydrogens is 244 g/mol. The van der Waals surface area contributed by atoms with Crippen LogP contribution in [0.2, 0.25) is 0 Å². The third kappa shape index (κ3) is 3.37. The molecule has 1 aliphatic rings. The molecule has 0 heterocycles. The molecule has 1 saturated carbocycles. The van der Waals surface area contributed by atoms with Crippen LogP contribution in [0.1, 0.15) is 77.8 Å². The molecule has 0 amide bonds. The summed E-state index contributed by atoms with van der Waals surface area (Å²) in [6.07, 6.45) is 3.86. The Bertz CT molecular complexity index is 479. The van der Waals surface area contributed by atoms with E-state index in [-0.39, 0.29) is 5.41 Å². The van der Waals surface area contributed by atoms with E-state index in [0.717, 1.165) is 11.5 Å². The molecule has 1 nitrogen and oxygen atoms in total. The van der Waals surface area contributed by atoms with Crippen molar-refractivity contribution in [2.24, 2.45) is 11.3 Å². The molecule has 0 aliphatic heterocycles. The Balaban J connectivity index is 2.34. The van der Waals surface area contributed by atoms with Crippen LogP contribution in [0.3, 0.4) is 0 Å². The quantitative estimate of drug-likeness (QED) is 0.704. The highest BCUT2D eigenvalue weighted by Crippen LogP contribution is 2.47. The van der Waals surface area contributed by atoms with Gasteiger partial charge < -0.3 is 5.11 Å². The first kappa shape index (κ1) is 15.4. The standard InChI is InChI=1S/C19H30O/c1-13-9-15(12-19(5,6)11-13)14-7-8-17(20)16(10-14)18(2,3)4/h7-8,10,13,15,20H,9,11-12H2,1-6H3. The lowest BCUT2D eigenvalue weighted by molar-refractivity contribution is 0.168. The van der Waals surface area contributed by atoms with Gasteiger partial charge in [-0.25, -0.2) is 0 Å². The van der Waals surface area contributed by atoms with E-state index in [0.29, 0.717) is 17.1 Å². The Morgan fingerprint density at radius 1 is 1.15 bits per heavy atom. The van der Waals surface area contributed by atoms with E-state index < -0.39 is 0 Å².